The molecule has 3 nitrogen and oxygen atoms in total. The van der Waals surface area contributed by atoms with E-state index in [-0.39, 0.29) is 5.91 Å². The highest BCUT2D eigenvalue weighted by Gasteiger charge is 2.29. The van der Waals surface area contributed by atoms with Crippen molar-refractivity contribution in [2.45, 2.75) is 19.8 Å². The molecule has 6 heteroatoms. The first-order chi connectivity index (χ1) is 10.5. The minimum atomic E-state index is -0.127. The third-order valence-corrected chi connectivity index (χ3v) is 5.40. The molecule has 0 bridgehead atoms. The van der Waals surface area contributed by atoms with Crippen LogP contribution in [-0.2, 0) is 6.42 Å². The van der Waals surface area contributed by atoms with Gasteiger partial charge in [-0.3, -0.25) is 4.79 Å². The lowest BCUT2D eigenvalue weighted by Crippen LogP contribution is -2.36. The van der Waals surface area contributed by atoms with Crippen LogP contribution in [0.3, 0.4) is 0 Å². The van der Waals surface area contributed by atoms with E-state index in [0.29, 0.717) is 26.5 Å². The highest BCUT2D eigenvalue weighted by atomic mass is 35.5. The summed E-state index contributed by atoms with van der Waals surface area (Å²) in [5.41, 5.74) is 3.64. The zero-order valence-corrected chi connectivity index (χ0v) is 14.6. The molecular formula is C16H15Cl2NO2S. The number of hydrogen-bond acceptors (Lipinski definition) is 3. The normalized spacial score (nSPS) is 13.9. The fourth-order valence-corrected chi connectivity index (χ4v) is 4.30. The minimum Gasteiger partial charge on any atom is -0.495 e. The summed E-state index contributed by atoms with van der Waals surface area (Å²) in [6.07, 6.45) is 1.86. The van der Waals surface area contributed by atoms with Crippen molar-refractivity contribution in [2.24, 2.45) is 0 Å². The topological polar surface area (TPSA) is 29.5 Å². The van der Waals surface area contributed by atoms with Gasteiger partial charge in [0.2, 0.25) is 0 Å². The van der Waals surface area contributed by atoms with Gasteiger partial charge in [0.05, 0.1) is 22.7 Å². The second-order valence-corrected chi connectivity index (χ2v) is 7.50. The molecule has 0 radical (unpaired) electrons. The summed E-state index contributed by atoms with van der Waals surface area (Å²) in [6.45, 7) is 2.70. The van der Waals surface area contributed by atoms with Crippen LogP contribution in [0.25, 0.3) is 0 Å². The molecule has 0 aliphatic carbocycles. The summed E-state index contributed by atoms with van der Waals surface area (Å²) in [5, 5.41) is 0. The molecule has 0 saturated heterocycles. The van der Waals surface area contributed by atoms with Crippen LogP contribution >= 0.6 is 34.5 Å². The van der Waals surface area contributed by atoms with Crippen molar-refractivity contribution in [3.05, 3.63) is 43.6 Å². The quantitative estimate of drug-likeness (QED) is 0.761. The molecule has 1 aliphatic rings. The highest BCUT2D eigenvalue weighted by molar-refractivity contribution is 7.20. The van der Waals surface area contributed by atoms with Crippen molar-refractivity contribution in [3.63, 3.8) is 0 Å². The van der Waals surface area contributed by atoms with E-state index in [1.54, 1.807) is 18.1 Å². The van der Waals surface area contributed by atoms with Crippen LogP contribution < -0.4 is 9.64 Å². The van der Waals surface area contributed by atoms with Crippen LogP contribution in [0.4, 0.5) is 5.69 Å². The molecule has 1 aromatic heterocycles. The van der Waals surface area contributed by atoms with Crippen LogP contribution in [0.15, 0.2) is 18.2 Å². The Balaban J connectivity index is 2.10. The monoisotopic (exact) mass is 355 g/mol. The summed E-state index contributed by atoms with van der Waals surface area (Å²) < 4.78 is 6.41. The van der Waals surface area contributed by atoms with Crippen LogP contribution in [0.2, 0.25) is 8.67 Å². The maximum Gasteiger partial charge on any atom is 0.260 e. The van der Waals surface area contributed by atoms with Crippen molar-refractivity contribution >= 4 is 46.1 Å². The van der Waals surface area contributed by atoms with Crippen molar-refractivity contribution in [1.82, 2.24) is 0 Å². The second kappa shape index (κ2) is 6.11. The summed E-state index contributed by atoms with van der Waals surface area (Å²) >= 11 is 13.3. The highest BCUT2D eigenvalue weighted by Crippen LogP contribution is 2.40. The molecule has 2 heterocycles. The Labute approximate surface area is 143 Å². The predicted octanol–water partition coefficient (Wildman–Crippen LogP) is 4.96. The fraction of sp³-hybridized carbons (Fsp3) is 0.312. The number of carbonyl (C=O) groups is 1. The molecule has 0 atom stereocenters. The van der Waals surface area contributed by atoms with E-state index in [9.17, 15) is 4.79 Å². The number of anilines is 1. The average Bonchev–Trinajstić information content (AvgIpc) is 2.85. The van der Waals surface area contributed by atoms with Crippen molar-refractivity contribution in [2.75, 3.05) is 18.6 Å². The molecule has 0 N–H and O–H groups in total. The number of halogens is 2. The van der Waals surface area contributed by atoms with Gasteiger partial charge in [-0.1, -0.05) is 29.3 Å². The summed E-state index contributed by atoms with van der Waals surface area (Å²) in [5.74, 6) is 0.587. The Morgan fingerprint density at radius 1 is 1.36 bits per heavy atom. The van der Waals surface area contributed by atoms with Gasteiger partial charge in [-0.25, -0.2) is 0 Å². The Bertz CT molecular complexity index is 742. The molecule has 3 rings (SSSR count). The number of benzene rings is 1. The van der Waals surface area contributed by atoms with Crippen molar-refractivity contribution < 1.29 is 9.53 Å². The Kier molecular flexibility index (Phi) is 4.35. The van der Waals surface area contributed by atoms with Crippen LogP contribution in [0.1, 0.15) is 27.9 Å². The van der Waals surface area contributed by atoms with Gasteiger partial charge in [0, 0.05) is 6.54 Å². The Morgan fingerprint density at radius 3 is 2.77 bits per heavy atom. The van der Waals surface area contributed by atoms with E-state index < -0.39 is 0 Å². The van der Waals surface area contributed by atoms with Crippen LogP contribution in [0.5, 0.6) is 5.75 Å². The number of ether oxygens (including phenoxy) is 1. The third-order valence-electron chi connectivity index (χ3n) is 3.91. The zero-order valence-electron chi connectivity index (χ0n) is 12.3. The smallest absolute Gasteiger partial charge is 0.260 e. The SMILES string of the molecule is COc1ccc(C)c2c1N(C(=O)c1cc(Cl)sc1Cl)CCC2. The molecular weight excluding hydrogens is 341 g/mol. The van der Waals surface area contributed by atoms with Gasteiger partial charge in [0.1, 0.15) is 10.1 Å². The number of amides is 1. The number of carbonyl (C=O) groups excluding carboxylic acids is 1. The number of nitrogens with zero attached hydrogens (tertiary/aromatic N) is 1. The molecule has 0 spiro atoms. The lowest BCUT2D eigenvalue weighted by Gasteiger charge is -2.32. The van der Waals surface area contributed by atoms with Crippen LogP contribution in [-0.4, -0.2) is 19.6 Å². The number of hydrogen-bond donors (Lipinski definition) is 0. The van der Waals surface area contributed by atoms with Crippen LogP contribution in [0, 0.1) is 6.92 Å². The van der Waals surface area contributed by atoms with E-state index in [1.807, 2.05) is 12.1 Å². The third kappa shape index (κ3) is 2.60. The number of fused-ring (bicyclic) bond motifs is 1. The molecule has 0 unspecified atom stereocenters. The summed E-state index contributed by atoms with van der Waals surface area (Å²) in [7, 11) is 1.62. The van der Waals surface area contributed by atoms with E-state index in [4.69, 9.17) is 27.9 Å². The second-order valence-electron chi connectivity index (χ2n) is 5.21. The molecule has 1 aliphatic heterocycles. The molecule has 0 fully saturated rings. The van der Waals surface area contributed by atoms with Gasteiger partial charge in [-0.05, 0) is 43.0 Å². The predicted molar refractivity (Wildman–Crippen MR) is 92.1 cm³/mol. The fourth-order valence-electron chi connectivity index (χ4n) is 2.85. The number of methoxy groups -OCH3 is 1. The van der Waals surface area contributed by atoms with Gasteiger partial charge in [-0.15, -0.1) is 11.3 Å². The Morgan fingerprint density at radius 2 is 2.14 bits per heavy atom. The maximum atomic E-state index is 12.9. The molecule has 0 saturated carbocycles. The van der Waals surface area contributed by atoms with E-state index in [1.165, 1.54) is 16.9 Å². The zero-order chi connectivity index (χ0) is 15.9. The van der Waals surface area contributed by atoms with Gasteiger partial charge < -0.3 is 9.64 Å². The first kappa shape index (κ1) is 15.7. The lowest BCUT2D eigenvalue weighted by atomic mass is 9.96. The number of rotatable bonds is 2. The van der Waals surface area contributed by atoms with Gasteiger partial charge in [-0.2, -0.15) is 0 Å². The summed E-state index contributed by atoms with van der Waals surface area (Å²) in [6, 6.07) is 5.56. The summed E-state index contributed by atoms with van der Waals surface area (Å²) in [4.78, 5) is 14.7. The minimum absolute atomic E-state index is 0.127. The maximum absolute atomic E-state index is 12.9. The van der Waals surface area contributed by atoms with Crippen molar-refractivity contribution in [1.29, 1.82) is 0 Å². The Hall–Kier alpha value is -1.23. The first-order valence-corrected chi connectivity index (χ1v) is 8.53. The number of thiophene rings is 1. The largest absolute Gasteiger partial charge is 0.495 e. The molecule has 2 aromatic rings. The van der Waals surface area contributed by atoms with E-state index >= 15 is 0 Å². The van der Waals surface area contributed by atoms with Gasteiger partial charge >= 0.3 is 0 Å². The average molecular weight is 356 g/mol. The van der Waals surface area contributed by atoms with Crippen molar-refractivity contribution in [3.8, 4) is 5.75 Å². The first-order valence-electron chi connectivity index (χ1n) is 6.96. The molecule has 1 aromatic carbocycles. The van der Waals surface area contributed by atoms with Gasteiger partial charge in [0.25, 0.3) is 5.91 Å². The van der Waals surface area contributed by atoms with E-state index in [2.05, 4.69) is 6.92 Å². The standard InChI is InChI=1S/C16H15Cl2NO2S/c1-9-5-6-12(21-2)14-10(9)4-3-7-19(14)16(20)11-8-13(17)22-15(11)18/h5-6,8H,3-4,7H2,1-2H3. The molecule has 116 valence electrons. The van der Waals surface area contributed by atoms with Gasteiger partial charge in [0.15, 0.2) is 0 Å². The molecule has 1 amide bonds. The number of aryl methyl sites for hydroxylation is 1. The molecule has 22 heavy (non-hydrogen) atoms. The van der Waals surface area contributed by atoms with E-state index in [0.717, 1.165) is 24.1 Å². The lowest BCUT2D eigenvalue weighted by molar-refractivity contribution is 0.0985.